The number of hydrogen-bond acceptors (Lipinski definition) is 6. The van der Waals surface area contributed by atoms with Crippen LogP contribution in [0.25, 0.3) is 0 Å². The number of rotatable bonds is 10. The molecule has 1 saturated carbocycles. The summed E-state index contributed by atoms with van der Waals surface area (Å²) in [5, 5.41) is 0. The predicted octanol–water partition coefficient (Wildman–Crippen LogP) is 5.12. The van der Waals surface area contributed by atoms with Crippen LogP contribution in [0.1, 0.15) is 33.5 Å². The smallest absolute Gasteiger partial charge is 0.338 e. The number of amides is 2. The van der Waals surface area contributed by atoms with Gasteiger partial charge in [0.25, 0.3) is 0 Å². The highest BCUT2D eigenvalue weighted by atomic mass is 16.5. The molecule has 204 valence electrons. The molecule has 1 aliphatic heterocycles. The monoisotopic (exact) mass is 537 g/mol. The topological polar surface area (TPSA) is 82.1 Å². The second-order valence-corrected chi connectivity index (χ2v) is 10.6. The van der Waals surface area contributed by atoms with Crippen LogP contribution in [0.15, 0.2) is 84.9 Å². The highest BCUT2D eigenvalue weighted by molar-refractivity contribution is 6.06. The summed E-state index contributed by atoms with van der Waals surface area (Å²) in [5.74, 6) is -0.0550. The largest absolute Gasteiger partial charge is 0.485 e. The van der Waals surface area contributed by atoms with E-state index in [2.05, 4.69) is 12.2 Å². The van der Waals surface area contributed by atoms with Gasteiger partial charge in [0.05, 0.1) is 23.9 Å². The lowest BCUT2D eigenvalue weighted by Crippen LogP contribution is -2.36. The van der Waals surface area contributed by atoms with Gasteiger partial charge in [-0.15, -0.1) is 0 Å². The van der Waals surface area contributed by atoms with Gasteiger partial charge in [0, 0.05) is 0 Å². The summed E-state index contributed by atoms with van der Waals surface area (Å²) >= 11 is 0. The minimum Gasteiger partial charge on any atom is -0.485 e. The summed E-state index contributed by atoms with van der Waals surface area (Å²) in [6.45, 7) is 2.51. The molecule has 7 nitrogen and oxygen atoms in total. The zero-order valence-corrected chi connectivity index (χ0v) is 22.3. The molecule has 0 radical (unpaired) electrons. The number of fused-ring (bicyclic) bond motifs is 5. The number of nitrogens with zero attached hydrogens (tertiary/aromatic N) is 1. The van der Waals surface area contributed by atoms with E-state index >= 15 is 0 Å². The number of ether oxygens (including phenoxy) is 3. The third kappa shape index (κ3) is 4.99. The maximum atomic E-state index is 13.0. The first-order valence-corrected chi connectivity index (χ1v) is 13.7. The number of carbonyl (C=O) groups is 3. The number of hydrogen-bond donors (Lipinski definition) is 0. The van der Waals surface area contributed by atoms with E-state index in [1.54, 1.807) is 12.1 Å². The van der Waals surface area contributed by atoms with Crippen LogP contribution in [0.2, 0.25) is 0 Å². The van der Waals surface area contributed by atoms with Crippen LogP contribution in [0.5, 0.6) is 11.5 Å². The lowest BCUT2D eigenvalue weighted by Gasteiger charge is -2.18. The Balaban J connectivity index is 1.13. The lowest BCUT2D eigenvalue weighted by molar-refractivity contribution is -0.141. The minimum absolute atomic E-state index is 0.0600. The number of likely N-dealkylation sites (tertiary alicyclic amines) is 1. The van der Waals surface area contributed by atoms with E-state index in [-0.39, 0.29) is 48.6 Å². The number of benzene rings is 3. The van der Waals surface area contributed by atoms with Crippen molar-refractivity contribution in [1.29, 1.82) is 0 Å². The fraction of sp³-hybridized carbons (Fsp3) is 0.303. The van der Waals surface area contributed by atoms with Crippen molar-refractivity contribution in [3.63, 3.8) is 0 Å². The first-order chi connectivity index (χ1) is 19.5. The lowest BCUT2D eigenvalue weighted by atomic mass is 9.85. The molecule has 1 heterocycles. The van der Waals surface area contributed by atoms with Crippen LogP contribution in [0.3, 0.4) is 0 Å². The van der Waals surface area contributed by atoms with E-state index < -0.39 is 5.97 Å². The Bertz CT molecular complexity index is 1420. The average molecular weight is 538 g/mol. The molecule has 2 aliphatic carbocycles. The summed E-state index contributed by atoms with van der Waals surface area (Å²) in [6.07, 6.45) is 5.01. The molecule has 4 atom stereocenters. The normalized spacial score (nSPS) is 22.5. The van der Waals surface area contributed by atoms with Gasteiger partial charge in [-0.1, -0.05) is 72.8 Å². The van der Waals surface area contributed by atoms with Crippen molar-refractivity contribution < 1.29 is 28.6 Å². The molecule has 0 spiro atoms. The van der Waals surface area contributed by atoms with Crippen molar-refractivity contribution in [2.75, 3.05) is 13.2 Å². The zero-order valence-electron chi connectivity index (χ0n) is 22.3. The third-order valence-corrected chi connectivity index (χ3v) is 8.05. The number of esters is 1. The van der Waals surface area contributed by atoms with Crippen LogP contribution in [0.4, 0.5) is 0 Å². The predicted molar refractivity (Wildman–Crippen MR) is 147 cm³/mol. The zero-order chi connectivity index (χ0) is 27.6. The van der Waals surface area contributed by atoms with Crippen molar-refractivity contribution >= 4 is 17.8 Å². The van der Waals surface area contributed by atoms with Crippen LogP contribution >= 0.6 is 0 Å². The van der Waals surface area contributed by atoms with E-state index in [9.17, 15) is 14.4 Å². The number of carbonyl (C=O) groups excluding carboxylic acids is 3. The SMILES string of the molecule is Cc1cc(C(=O)OCCN2C(=O)C3C4C=CC(C4)C3C2=O)cc(OCc2ccccc2)c1OCc1ccccc1. The molecule has 1 saturated heterocycles. The first-order valence-electron chi connectivity index (χ1n) is 13.7. The molecule has 2 fully saturated rings. The second-order valence-electron chi connectivity index (χ2n) is 10.6. The molecule has 0 aromatic heterocycles. The van der Waals surface area contributed by atoms with Crippen LogP contribution in [-0.2, 0) is 27.5 Å². The molecule has 3 aromatic carbocycles. The molecular formula is C33H31NO6. The van der Waals surface area contributed by atoms with E-state index in [0.717, 1.165) is 23.1 Å². The van der Waals surface area contributed by atoms with Gasteiger partial charge < -0.3 is 14.2 Å². The fourth-order valence-electron chi connectivity index (χ4n) is 6.11. The van der Waals surface area contributed by atoms with Crippen molar-refractivity contribution in [3.05, 3.63) is 107 Å². The molecule has 3 aromatic rings. The van der Waals surface area contributed by atoms with Gasteiger partial charge in [-0.25, -0.2) is 4.79 Å². The molecule has 3 aliphatic rings. The van der Waals surface area contributed by atoms with Gasteiger partial charge in [-0.3, -0.25) is 14.5 Å². The van der Waals surface area contributed by atoms with Crippen LogP contribution in [0, 0.1) is 30.6 Å². The maximum Gasteiger partial charge on any atom is 0.338 e. The summed E-state index contributed by atoms with van der Waals surface area (Å²) in [4.78, 5) is 40.1. The number of imide groups is 1. The Kier molecular flexibility index (Phi) is 7.11. The Labute approximate surface area is 233 Å². The summed E-state index contributed by atoms with van der Waals surface area (Å²) in [7, 11) is 0. The molecule has 0 N–H and O–H groups in total. The minimum atomic E-state index is -0.553. The molecule has 4 unspecified atom stereocenters. The van der Waals surface area contributed by atoms with Gasteiger partial charge in [0.1, 0.15) is 19.8 Å². The van der Waals surface area contributed by atoms with Crippen LogP contribution in [-0.4, -0.2) is 35.8 Å². The van der Waals surface area contributed by atoms with Gasteiger partial charge >= 0.3 is 5.97 Å². The molecule has 6 rings (SSSR count). The van der Waals surface area contributed by atoms with Crippen molar-refractivity contribution in [2.24, 2.45) is 23.7 Å². The highest BCUT2D eigenvalue weighted by Crippen LogP contribution is 2.52. The highest BCUT2D eigenvalue weighted by Gasteiger charge is 2.59. The number of aryl methyl sites for hydroxylation is 1. The van der Waals surface area contributed by atoms with Gasteiger partial charge in [0.2, 0.25) is 11.8 Å². The van der Waals surface area contributed by atoms with Gasteiger partial charge in [0.15, 0.2) is 11.5 Å². The molecule has 2 amide bonds. The molecule has 2 bridgehead atoms. The van der Waals surface area contributed by atoms with Crippen molar-refractivity contribution in [1.82, 2.24) is 4.90 Å². The molecular weight excluding hydrogens is 506 g/mol. The Morgan fingerprint density at radius 1 is 0.825 bits per heavy atom. The van der Waals surface area contributed by atoms with Gasteiger partial charge in [-0.05, 0) is 54.0 Å². The van der Waals surface area contributed by atoms with E-state index in [1.165, 1.54) is 4.90 Å². The standard InChI is InChI=1S/C33H31NO6/c1-21-16-26(33(37)38-15-14-34-31(35)28-24-12-13-25(17-24)29(28)32(34)36)18-27(39-19-22-8-4-2-5-9-22)30(21)40-20-23-10-6-3-7-11-23/h2-13,16,18,24-25,28-29H,14-15,17,19-20H2,1H3. The average Bonchev–Trinajstić information content (AvgIpc) is 3.66. The van der Waals surface area contributed by atoms with Gasteiger partial charge in [-0.2, -0.15) is 0 Å². The quantitative estimate of drug-likeness (QED) is 0.203. The van der Waals surface area contributed by atoms with Crippen molar-refractivity contribution in [3.8, 4) is 11.5 Å². The summed E-state index contributed by atoms with van der Waals surface area (Å²) in [5.41, 5.74) is 3.04. The summed E-state index contributed by atoms with van der Waals surface area (Å²) < 4.78 is 17.8. The Morgan fingerprint density at radius 2 is 1.40 bits per heavy atom. The van der Waals surface area contributed by atoms with E-state index in [4.69, 9.17) is 14.2 Å². The number of allylic oxidation sites excluding steroid dienone is 2. The van der Waals surface area contributed by atoms with Crippen LogP contribution < -0.4 is 9.47 Å². The first kappa shape index (κ1) is 25.9. The summed E-state index contributed by atoms with van der Waals surface area (Å²) in [6, 6.07) is 22.9. The second kappa shape index (κ2) is 11.0. The molecule has 40 heavy (non-hydrogen) atoms. The Hall–Kier alpha value is -4.39. The third-order valence-electron chi connectivity index (χ3n) is 8.05. The fourth-order valence-corrected chi connectivity index (χ4v) is 6.11. The van der Waals surface area contributed by atoms with E-state index in [0.29, 0.717) is 30.3 Å². The molecule has 7 heteroatoms. The van der Waals surface area contributed by atoms with Crippen molar-refractivity contribution in [2.45, 2.75) is 26.6 Å². The maximum absolute atomic E-state index is 13.0. The van der Waals surface area contributed by atoms with E-state index in [1.807, 2.05) is 67.6 Å². The Morgan fingerprint density at radius 3 is 2.00 bits per heavy atom.